The van der Waals surface area contributed by atoms with Gasteiger partial charge in [-0.1, -0.05) is 0 Å². The van der Waals surface area contributed by atoms with Crippen LogP contribution in [-0.2, 0) is 31.5 Å². The Labute approximate surface area is 714 Å². The predicted molar refractivity (Wildman–Crippen MR) is 495 cm³/mol. The van der Waals surface area contributed by atoms with Gasteiger partial charge in [-0.3, -0.25) is 0 Å². The first-order chi connectivity index (χ1) is 53.8. The molecule has 0 spiro atoms. The monoisotopic (exact) mass is 1700 g/mol. The van der Waals surface area contributed by atoms with E-state index in [4.69, 9.17) is 12.3 Å². The summed E-state index contributed by atoms with van der Waals surface area (Å²) in [6, 6.07) is 0. The molecule has 0 aromatic carbocycles. The molecule has 0 radical (unpaired) electrons. The molecule has 113 heavy (non-hydrogen) atoms. The van der Waals surface area contributed by atoms with Gasteiger partial charge in [0.05, 0.1) is 0 Å². The zero-order chi connectivity index (χ0) is 84.5. The van der Waals surface area contributed by atoms with Crippen LogP contribution in [0.4, 0.5) is 0 Å². The molecule has 0 aromatic rings. The summed E-state index contributed by atoms with van der Waals surface area (Å²) in [5.41, 5.74) is -3.47. The van der Waals surface area contributed by atoms with Gasteiger partial charge in [-0.25, -0.2) is 0 Å². The third-order valence-corrected chi connectivity index (χ3v) is 31.0. The standard InChI is InChI=1S/4C26H52O2.Sn/c4*1-6-8-10-12-14-16-21-26(24(27)28,22-17-15-13-11-9-7-2)23-19-18-20-25(3,4)5;/h4*6-23H2,1-5H3,(H,27,28);/q;;;;+4/p-4. The van der Waals surface area contributed by atoms with Gasteiger partial charge in [0, 0.05) is 0 Å². The molecule has 672 valence electrons. The van der Waals surface area contributed by atoms with Crippen molar-refractivity contribution in [1.29, 1.82) is 0 Å². The van der Waals surface area contributed by atoms with Crippen molar-refractivity contribution in [3.63, 3.8) is 0 Å². The first-order valence-corrected chi connectivity index (χ1v) is 55.4. The van der Waals surface area contributed by atoms with E-state index >= 15 is 19.2 Å². The first kappa shape index (κ1) is 112. The SMILES string of the molecule is CCCCCCCCC(CCCCCCCC)(CCCCC(C)(C)C)C(=O)[O][Sn]([O]C(=O)C(CCCCCCCC)(CCCCCCCC)CCCCC(C)(C)C)([O]C(=O)C(CCCCCCCC)(CCCCCCCC)CCCCC(C)(C)C)[O]C(=O)C(CCCCCCCC)(CCCCCCCC)CCCCC(C)(C)C. The van der Waals surface area contributed by atoms with E-state index in [1.807, 2.05) is 0 Å². The number of hydrogen-bond acceptors (Lipinski definition) is 8. The molecule has 9 heteroatoms. The van der Waals surface area contributed by atoms with E-state index < -0.39 is 65.6 Å². The van der Waals surface area contributed by atoms with E-state index in [0.717, 1.165) is 283 Å². The molecule has 0 aliphatic carbocycles. The average Bonchev–Trinajstić information content (AvgIpc) is 0.765. The zero-order valence-corrected chi connectivity index (χ0v) is 83.5. The fourth-order valence-corrected chi connectivity index (χ4v) is 23.9. The van der Waals surface area contributed by atoms with Crippen LogP contribution in [-0.4, -0.2) is 43.9 Å². The van der Waals surface area contributed by atoms with Crippen LogP contribution in [0.1, 0.15) is 601 Å². The fourth-order valence-electron chi connectivity index (χ4n) is 18.2. The third kappa shape index (κ3) is 57.6. The van der Waals surface area contributed by atoms with Crippen LogP contribution < -0.4 is 0 Å². The molecule has 0 saturated carbocycles. The number of carbonyl (C=O) groups is 4. The van der Waals surface area contributed by atoms with Gasteiger partial charge in [-0.05, 0) is 0 Å². The zero-order valence-electron chi connectivity index (χ0n) is 80.7. The normalized spacial score (nSPS) is 13.0. The van der Waals surface area contributed by atoms with Crippen LogP contribution in [0.15, 0.2) is 0 Å². The molecule has 0 rings (SSSR count). The molecule has 0 amide bonds. The Morgan fingerprint density at radius 1 is 0.159 bits per heavy atom. The second kappa shape index (κ2) is 67.3. The van der Waals surface area contributed by atoms with Crippen LogP contribution in [0, 0.1) is 43.3 Å². The molecular weight excluding hydrogens is 1500 g/mol. The van der Waals surface area contributed by atoms with Crippen LogP contribution >= 0.6 is 0 Å². The van der Waals surface area contributed by atoms with Gasteiger partial charge < -0.3 is 0 Å². The number of carbonyl (C=O) groups excluding carboxylic acids is 4. The quantitative estimate of drug-likeness (QED) is 0.0438. The minimum absolute atomic E-state index is 0.114. The Kier molecular flexibility index (Phi) is 66.5. The Hall–Kier alpha value is -1.32. The second-order valence-corrected chi connectivity index (χ2v) is 47.6. The summed E-state index contributed by atoms with van der Waals surface area (Å²) in [5.74, 6) is -1.69. The van der Waals surface area contributed by atoms with Crippen molar-refractivity contribution in [3.8, 4) is 0 Å². The Morgan fingerprint density at radius 2 is 0.257 bits per heavy atom. The van der Waals surface area contributed by atoms with Crippen molar-refractivity contribution in [2.75, 3.05) is 0 Å². The predicted octanol–water partition coefficient (Wildman–Crippen LogP) is 36.0. The van der Waals surface area contributed by atoms with Crippen molar-refractivity contribution in [2.24, 2.45) is 43.3 Å². The Bertz CT molecular complexity index is 1850. The van der Waals surface area contributed by atoms with E-state index in [1.165, 1.54) is 103 Å². The van der Waals surface area contributed by atoms with Crippen LogP contribution in [0.2, 0.25) is 0 Å². The number of hydrogen-bond donors (Lipinski definition) is 0. The number of rotatable bonds is 80. The van der Waals surface area contributed by atoms with E-state index in [0.29, 0.717) is 77.0 Å². The molecule has 0 unspecified atom stereocenters. The summed E-state index contributed by atoms with van der Waals surface area (Å²) in [4.78, 5) is 70.6. The molecule has 0 aliphatic rings. The minimum atomic E-state index is -7.04. The van der Waals surface area contributed by atoms with Crippen molar-refractivity contribution in [1.82, 2.24) is 0 Å². The summed E-state index contributed by atoms with van der Waals surface area (Å²) >= 11 is -7.04. The fraction of sp³-hybridized carbons (Fsp3) is 0.962. The van der Waals surface area contributed by atoms with Crippen molar-refractivity contribution >= 4 is 43.9 Å². The van der Waals surface area contributed by atoms with Crippen LogP contribution in [0.5, 0.6) is 0 Å². The summed E-state index contributed by atoms with van der Waals surface area (Å²) < 4.78 is 31.5. The van der Waals surface area contributed by atoms with Gasteiger partial charge >= 0.3 is 719 Å². The van der Waals surface area contributed by atoms with E-state index in [2.05, 4.69) is 138 Å². The third-order valence-electron chi connectivity index (χ3n) is 26.0. The van der Waals surface area contributed by atoms with Crippen molar-refractivity contribution in [2.45, 2.75) is 601 Å². The van der Waals surface area contributed by atoms with Gasteiger partial charge in [0.2, 0.25) is 0 Å². The van der Waals surface area contributed by atoms with Gasteiger partial charge in [0.1, 0.15) is 0 Å². The number of unbranched alkanes of at least 4 members (excludes halogenated alkanes) is 44. The molecule has 8 nitrogen and oxygen atoms in total. The van der Waals surface area contributed by atoms with Crippen molar-refractivity contribution < 1.29 is 31.5 Å². The topological polar surface area (TPSA) is 105 Å². The molecule has 0 bridgehead atoms. The van der Waals surface area contributed by atoms with E-state index in [-0.39, 0.29) is 21.7 Å². The van der Waals surface area contributed by atoms with Crippen LogP contribution in [0.25, 0.3) is 0 Å². The first-order valence-electron chi connectivity index (χ1n) is 50.8. The summed E-state index contributed by atoms with van der Waals surface area (Å²) in [6.45, 7) is 46.2. The molecule has 0 N–H and O–H groups in total. The Balaban J connectivity index is 10.6. The molecule has 0 fully saturated rings. The summed E-state index contributed by atoms with van der Waals surface area (Å²) in [7, 11) is 0. The Morgan fingerprint density at radius 3 is 0.372 bits per heavy atom. The maximum atomic E-state index is 17.7. The van der Waals surface area contributed by atoms with Gasteiger partial charge in [-0.15, -0.1) is 0 Å². The van der Waals surface area contributed by atoms with E-state index in [1.54, 1.807) is 0 Å². The molecular formula is C104H204O8Sn. The second-order valence-electron chi connectivity index (χ2n) is 42.4. The molecule has 0 aromatic heterocycles. The average molecular weight is 1700 g/mol. The molecule has 0 saturated heterocycles. The van der Waals surface area contributed by atoms with Gasteiger partial charge in [-0.2, -0.15) is 0 Å². The van der Waals surface area contributed by atoms with Gasteiger partial charge in [0.15, 0.2) is 0 Å². The van der Waals surface area contributed by atoms with Crippen LogP contribution in [0.3, 0.4) is 0 Å². The molecule has 0 aliphatic heterocycles. The summed E-state index contributed by atoms with van der Waals surface area (Å²) in [6.07, 6.45) is 71.0. The van der Waals surface area contributed by atoms with E-state index in [9.17, 15) is 0 Å². The molecule has 0 atom stereocenters. The van der Waals surface area contributed by atoms with Gasteiger partial charge in [0.25, 0.3) is 0 Å². The summed E-state index contributed by atoms with van der Waals surface area (Å²) in [5, 5.41) is 0. The maximum absolute atomic E-state index is 17.7. The van der Waals surface area contributed by atoms with Crippen molar-refractivity contribution in [3.05, 3.63) is 0 Å². The molecule has 0 heterocycles.